The Morgan fingerprint density at radius 1 is 1.21 bits per heavy atom. The van der Waals surface area contributed by atoms with Crippen molar-refractivity contribution in [1.82, 2.24) is 20.0 Å². The normalized spacial score (nSPS) is 19.2. The van der Waals surface area contributed by atoms with Gasteiger partial charge in [0.25, 0.3) is 0 Å². The van der Waals surface area contributed by atoms with E-state index in [1.165, 1.54) is 11.3 Å². The Kier molecular flexibility index (Phi) is 4.26. The van der Waals surface area contributed by atoms with Gasteiger partial charge < -0.3 is 9.80 Å². The molecule has 4 rings (SSSR count). The van der Waals surface area contributed by atoms with Crippen LogP contribution in [0.15, 0.2) is 18.5 Å². The number of aromatic amines is 1. The van der Waals surface area contributed by atoms with Crippen LogP contribution in [0.25, 0.3) is 10.4 Å². The molecule has 2 aromatic heterocycles. The van der Waals surface area contributed by atoms with E-state index in [1.54, 1.807) is 18.5 Å². The highest BCUT2D eigenvalue weighted by Crippen LogP contribution is 2.39. The second-order valence-corrected chi connectivity index (χ2v) is 7.63. The fourth-order valence-corrected chi connectivity index (χ4v) is 4.82. The number of likely N-dealkylation sites (tertiary alicyclic amines) is 2. The Morgan fingerprint density at radius 3 is 2.58 bits per heavy atom. The number of carbonyl (C=O) groups excluding carboxylic acids is 1. The first-order valence-corrected chi connectivity index (χ1v) is 9.36. The van der Waals surface area contributed by atoms with Crippen LogP contribution in [-0.2, 0) is 0 Å². The molecular weight excluding hydrogens is 327 g/mol. The number of halogens is 1. The van der Waals surface area contributed by atoms with Gasteiger partial charge in [-0.3, -0.25) is 5.10 Å². The summed E-state index contributed by atoms with van der Waals surface area (Å²) < 4.78 is 14.4. The van der Waals surface area contributed by atoms with Crippen LogP contribution in [0, 0.1) is 5.82 Å². The van der Waals surface area contributed by atoms with Crippen molar-refractivity contribution in [2.24, 2.45) is 0 Å². The Labute approximate surface area is 144 Å². The lowest BCUT2D eigenvalue weighted by Gasteiger charge is -2.34. The summed E-state index contributed by atoms with van der Waals surface area (Å²) in [5.74, 6) is 0.0822. The monoisotopic (exact) mass is 348 g/mol. The number of thiophene rings is 1. The van der Waals surface area contributed by atoms with Crippen molar-refractivity contribution < 1.29 is 9.18 Å². The minimum atomic E-state index is -0.125. The third kappa shape index (κ3) is 2.92. The number of carbonyl (C=O) groups is 1. The van der Waals surface area contributed by atoms with Crippen molar-refractivity contribution in [3.63, 3.8) is 0 Å². The fourth-order valence-electron chi connectivity index (χ4n) is 3.63. The van der Waals surface area contributed by atoms with Gasteiger partial charge in [0.1, 0.15) is 5.82 Å². The van der Waals surface area contributed by atoms with Crippen molar-refractivity contribution >= 4 is 17.4 Å². The summed E-state index contributed by atoms with van der Waals surface area (Å²) in [5, 5.41) is 6.69. The summed E-state index contributed by atoms with van der Waals surface area (Å²) in [4.78, 5) is 18.1. The second-order valence-electron chi connectivity index (χ2n) is 6.55. The van der Waals surface area contributed by atoms with E-state index >= 15 is 0 Å². The molecule has 2 saturated heterocycles. The smallest absolute Gasteiger partial charge is 0.319 e. The molecular formula is C17H21FN4OS. The van der Waals surface area contributed by atoms with Gasteiger partial charge >= 0.3 is 6.03 Å². The number of aromatic nitrogens is 2. The molecule has 7 heteroatoms. The van der Waals surface area contributed by atoms with Crippen LogP contribution in [0.2, 0.25) is 0 Å². The molecule has 2 amide bonds. The Morgan fingerprint density at radius 2 is 1.92 bits per heavy atom. The number of H-pyrrole nitrogens is 1. The lowest BCUT2D eigenvalue weighted by atomic mass is 9.95. The minimum absolute atomic E-state index is 0.125. The average Bonchev–Trinajstić information content (AvgIpc) is 3.35. The largest absolute Gasteiger partial charge is 0.325 e. The lowest BCUT2D eigenvalue weighted by Crippen LogP contribution is -2.45. The average molecular weight is 348 g/mol. The molecule has 0 aliphatic carbocycles. The van der Waals surface area contributed by atoms with E-state index in [1.807, 2.05) is 9.80 Å². The number of piperidine rings is 1. The fraction of sp³-hybridized carbons (Fsp3) is 0.529. The van der Waals surface area contributed by atoms with Gasteiger partial charge in [-0.1, -0.05) is 0 Å². The zero-order valence-corrected chi connectivity index (χ0v) is 14.3. The van der Waals surface area contributed by atoms with Crippen LogP contribution in [0.3, 0.4) is 0 Å². The van der Waals surface area contributed by atoms with Crippen LogP contribution in [-0.4, -0.2) is 52.2 Å². The van der Waals surface area contributed by atoms with E-state index in [4.69, 9.17) is 0 Å². The molecule has 0 atom stereocenters. The lowest BCUT2D eigenvalue weighted by molar-refractivity contribution is 0.148. The number of amides is 2. The van der Waals surface area contributed by atoms with Gasteiger partial charge in [0.2, 0.25) is 0 Å². The van der Waals surface area contributed by atoms with Crippen LogP contribution < -0.4 is 0 Å². The summed E-state index contributed by atoms with van der Waals surface area (Å²) >= 11 is 1.51. The van der Waals surface area contributed by atoms with E-state index in [0.717, 1.165) is 67.2 Å². The highest BCUT2D eigenvalue weighted by Gasteiger charge is 2.30. The second kappa shape index (κ2) is 6.55. The molecule has 24 heavy (non-hydrogen) atoms. The summed E-state index contributed by atoms with van der Waals surface area (Å²) in [6, 6.07) is 1.77. The van der Waals surface area contributed by atoms with Crippen LogP contribution in [0.1, 0.15) is 36.5 Å². The first kappa shape index (κ1) is 15.6. The third-order valence-corrected chi connectivity index (χ3v) is 6.33. The van der Waals surface area contributed by atoms with E-state index in [2.05, 4.69) is 10.2 Å². The summed E-state index contributed by atoms with van der Waals surface area (Å²) in [7, 11) is 0. The first-order chi connectivity index (χ1) is 11.7. The molecule has 2 aliphatic heterocycles. The number of rotatable bonds is 2. The zero-order chi connectivity index (χ0) is 16.5. The number of hydrogen-bond acceptors (Lipinski definition) is 3. The number of nitrogens with zero attached hydrogens (tertiary/aromatic N) is 3. The minimum Gasteiger partial charge on any atom is -0.325 e. The summed E-state index contributed by atoms with van der Waals surface area (Å²) in [6.07, 6.45) is 7.39. The molecule has 128 valence electrons. The molecule has 2 fully saturated rings. The Hall–Kier alpha value is -1.89. The maximum absolute atomic E-state index is 14.4. The van der Waals surface area contributed by atoms with Crippen molar-refractivity contribution in [3.8, 4) is 10.4 Å². The highest BCUT2D eigenvalue weighted by molar-refractivity contribution is 7.15. The van der Waals surface area contributed by atoms with Crippen molar-refractivity contribution in [2.45, 2.75) is 31.6 Å². The van der Waals surface area contributed by atoms with Gasteiger partial charge in [-0.05, 0) is 37.7 Å². The zero-order valence-electron chi connectivity index (χ0n) is 13.5. The van der Waals surface area contributed by atoms with Crippen molar-refractivity contribution in [1.29, 1.82) is 0 Å². The number of hydrogen-bond donors (Lipinski definition) is 1. The van der Waals surface area contributed by atoms with E-state index in [9.17, 15) is 9.18 Å². The van der Waals surface area contributed by atoms with Gasteiger partial charge in [-0.25, -0.2) is 9.18 Å². The van der Waals surface area contributed by atoms with Crippen molar-refractivity contribution in [2.75, 3.05) is 26.2 Å². The summed E-state index contributed by atoms with van der Waals surface area (Å²) in [6.45, 7) is 3.20. The molecule has 0 spiro atoms. The Balaban J connectivity index is 1.41. The molecule has 1 N–H and O–H groups in total. The van der Waals surface area contributed by atoms with Crippen molar-refractivity contribution in [3.05, 3.63) is 29.2 Å². The number of urea groups is 1. The van der Waals surface area contributed by atoms with Gasteiger partial charge in [0, 0.05) is 47.7 Å². The van der Waals surface area contributed by atoms with E-state index in [-0.39, 0.29) is 17.8 Å². The molecule has 2 aliphatic rings. The maximum Gasteiger partial charge on any atom is 0.319 e. The number of nitrogens with one attached hydrogen (secondary N) is 1. The quantitative estimate of drug-likeness (QED) is 0.900. The van der Waals surface area contributed by atoms with Crippen LogP contribution >= 0.6 is 11.3 Å². The Bertz CT molecular complexity index is 700. The molecule has 5 nitrogen and oxygen atoms in total. The molecule has 0 unspecified atom stereocenters. The summed E-state index contributed by atoms with van der Waals surface area (Å²) in [5.41, 5.74) is 0.923. The molecule has 0 saturated carbocycles. The molecule has 4 heterocycles. The van der Waals surface area contributed by atoms with E-state index in [0.29, 0.717) is 0 Å². The standard InChI is InChI=1S/C17H21FN4OS/c18-14-9-15(13-10-19-20-11-13)24-16(14)12-3-7-22(8-4-12)17(23)21-5-1-2-6-21/h9-12H,1-8H2,(H,19,20). The topological polar surface area (TPSA) is 52.2 Å². The first-order valence-electron chi connectivity index (χ1n) is 8.54. The predicted molar refractivity (Wildman–Crippen MR) is 91.6 cm³/mol. The van der Waals surface area contributed by atoms with E-state index < -0.39 is 0 Å². The van der Waals surface area contributed by atoms with Crippen LogP contribution in [0.4, 0.5) is 9.18 Å². The highest BCUT2D eigenvalue weighted by atomic mass is 32.1. The molecule has 0 radical (unpaired) electrons. The van der Waals surface area contributed by atoms with Gasteiger partial charge in [0.05, 0.1) is 6.20 Å². The molecule has 0 aromatic carbocycles. The van der Waals surface area contributed by atoms with Gasteiger partial charge in [0.15, 0.2) is 0 Å². The van der Waals surface area contributed by atoms with Crippen LogP contribution in [0.5, 0.6) is 0 Å². The predicted octanol–water partition coefficient (Wildman–Crippen LogP) is 3.67. The maximum atomic E-state index is 14.4. The third-order valence-electron chi connectivity index (χ3n) is 5.01. The van der Waals surface area contributed by atoms with Gasteiger partial charge in [-0.2, -0.15) is 5.10 Å². The SMILES string of the molecule is O=C(N1CCCC1)N1CCC(c2sc(-c3cn[nH]c3)cc2F)CC1. The molecule has 2 aromatic rings. The molecule has 0 bridgehead atoms. The van der Waals surface area contributed by atoms with Gasteiger partial charge in [-0.15, -0.1) is 11.3 Å².